The number of ether oxygens (including phenoxy) is 2. The molecule has 0 bridgehead atoms. The van der Waals surface area contributed by atoms with Gasteiger partial charge in [-0.1, -0.05) is 0 Å². The molecule has 0 aromatic heterocycles. The Balaban J connectivity index is 1.92. The second kappa shape index (κ2) is 7.62. The number of nitrogens with zero attached hydrogens (tertiary/aromatic N) is 2. The van der Waals surface area contributed by atoms with Gasteiger partial charge >= 0.3 is 12.3 Å². The molecule has 0 saturated carbocycles. The van der Waals surface area contributed by atoms with E-state index in [1.165, 1.54) is 4.90 Å². The summed E-state index contributed by atoms with van der Waals surface area (Å²) in [5, 5.41) is 0. The molecule has 1 amide bonds. The van der Waals surface area contributed by atoms with Crippen LogP contribution in [0.1, 0.15) is 6.92 Å². The van der Waals surface area contributed by atoms with Crippen LogP contribution in [0.15, 0.2) is 24.3 Å². The molecule has 2 rings (SSSR count). The van der Waals surface area contributed by atoms with Gasteiger partial charge in [0.05, 0.1) is 7.11 Å². The Labute approximate surface area is 143 Å². The maximum atomic E-state index is 12.7. The average Bonchev–Trinajstić information content (AvgIpc) is 2.58. The largest absolute Gasteiger partial charge is 0.497 e. The van der Waals surface area contributed by atoms with Crippen molar-refractivity contribution in [1.29, 1.82) is 0 Å². The van der Waals surface area contributed by atoms with Crippen LogP contribution in [0.4, 0.5) is 23.7 Å². The van der Waals surface area contributed by atoms with Gasteiger partial charge in [-0.3, -0.25) is 4.79 Å². The van der Waals surface area contributed by atoms with Crippen molar-refractivity contribution in [3.63, 3.8) is 0 Å². The smallest absolute Gasteiger partial charge is 0.432 e. The second-order valence-electron chi connectivity index (χ2n) is 5.59. The first kappa shape index (κ1) is 18.9. The quantitative estimate of drug-likeness (QED) is 0.826. The minimum Gasteiger partial charge on any atom is -0.497 e. The predicted molar refractivity (Wildman–Crippen MR) is 83.8 cm³/mol. The lowest BCUT2D eigenvalue weighted by Gasteiger charge is -2.36. The van der Waals surface area contributed by atoms with Crippen molar-refractivity contribution in [3.8, 4) is 5.75 Å². The summed E-state index contributed by atoms with van der Waals surface area (Å²) in [6, 6.07) is 7.33. The first-order valence-corrected chi connectivity index (χ1v) is 7.64. The molecule has 0 aliphatic carbocycles. The zero-order chi connectivity index (χ0) is 18.6. The van der Waals surface area contributed by atoms with Gasteiger partial charge in [0.2, 0.25) is 0 Å². The third kappa shape index (κ3) is 4.77. The van der Waals surface area contributed by atoms with E-state index in [9.17, 15) is 22.8 Å². The van der Waals surface area contributed by atoms with Crippen molar-refractivity contribution in [1.82, 2.24) is 4.90 Å². The number of amides is 1. The molecular formula is C16H19F3N2O4. The van der Waals surface area contributed by atoms with Crippen LogP contribution < -0.4 is 9.64 Å². The Hall–Kier alpha value is -2.45. The number of carbonyl (C=O) groups excluding carboxylic acids is 2. The maximum Gasteiger partial charge on any atom is 0.432 e. The topological polar surface area (TPSA) is 59.1 Å². The highest BCUT2D eigenvalue weighted by Gasteiger charge is 2.47. The van der Waals surface area contributed by atoms with Gasteiger partial charge in [0.15, 0.2) is 5.78 Å². The lowest BCUT2D eigenvalue weighted by atomic mass is 10.2. The number of hydrogen-bond acceptors (Lipinski definition) is 5. The molecule has 0 radical (unpaired) electrons. The van der Waals surface area contributed by atoms with Gasteiger partial charge in [0.1, 0.15) is 5.75 Å². The van der Waals surface area contributed by atoms with Crippen LogP contribution in [-0.2, 0) is 9.53 Å². The number of rotatable bonds is 4. The SMILES string of the molecule is COc1ccc(N2CCN(C(=O)OC(C(C)=O)C(F)(F)F)CC2)cc1. The molecular weight excluding hydrogens is 341 g/mol. The lowest BCUT2D eigenvalue weighted by molar-refractivity contribution is -0.204. The highest BCUT2D eigenvalue weighted by molar-refractivity contribution is 5.84. The summed E-state index contributed by atoms with van der Waals surface area (Å²) in [6.45, 7) is 2.03. The molecule has 1 aromatic carbocycles. The van der Waals surface area contributed by atoms with Crippen molar-refractivity contribution in [2.24, 2.45) is 0 Å². The van der Waals surface area contributed by atoms with Crippen LogP contribution in [0.3, 0.4) is 0 Å². The van der Waals surface area contributed by atoms with E-state index in [0.717, 1.165) is 12.6 Å². The molecule has 138 valence electrons. The summed E-state index contributed by atoms with van der Waals surface area (Å²) in [5.41, 5.74) is 0.922. The normalized spacial score (nSPS) is 16.4. The molecule has 1 aromatic rings. The van der Waals surface area contributed by atoms with E-state index in [-0.39, 0.29) is 13.1 Å². The van der Waals surface area contributed by atoms with E-state index in [4.69, 9.17) is 4.74 Å². The van der Waals surface area contributed by atoms with Crippen molar-refractivity contribution in [2.45, 2.75) is 19.2 Å². The number of alkyl halides is 3. The number of benzene rings is 1. The zero-order valence-electron chi connectivity index (χ0n) is 13.9. The summed E-state index contributed by atoms with van der Waals surface area (Å²) in [5.74, 6) is -0.536. The van der Waals surface area contributed by atoms with Crippen LogP contribution >= 0.6 is 0 Å². The monoisotopic (exact) mass is 360 g/mol. The van der Waals surface area contributed by atoms with Gasteiger partial charge in [0.25, 0.3) is 6.10 Å². The molecule has 1 atom stereocenters. The van der Waals surface area contributed by atoms with Crippen molar-refractivity contribution >= 4 is 17.6 Å². The first-order valence-electron chi connectivity index (χ1n) is 7.64. The van der Waals surface area contributed by atoms with E-state index in [2.05, 4.69) is 4.74 Å². The highest BCUT2D eigenvalue weighted by atomic mass is 19.4. The molecule has 1 unspecified atom stereocenters. The van der Waals surface area contributed by atoms with E-state index in [0.29, 0.717) is 18.8 Å². The number of piperazine rings is 1. The van der Waals surface area contributed by atoms with Crippen LogP contribution in [0.2, 0.25) is 0 Å². The van der Waals surface area contributed by atoms with Gasteiger partial charge in [0, 0.05) is 31.9 Å². The molecule has 0 N–H and O–H groups in total. The van der Waals surface area contributed by atoms with E-state index in [1.54, 1.807) is 19.2 Å². The third-order valence-electron chi connectivity index (χ3n) is 3.86. The minimum absolute atomic E-state index is 0.202. The molecule has 6 nitrogen and oxygen atoms in total. The van der Waals surface area contributed by atoms with E-state index < -0.39 is 24.2 Å². The Bertz CT molecular complexity index is 611. The van der Waals surface area contributed by atoms with Crippen molar-refractivity contribution in [3.05, 3.63) is 24.3 Å². The predicted octanol–water partition coefficient (Wildman–Crippen LogP) is 2.47. The van der Waals surface area contributed by atoms with Gasteiger partial charge in [-0.25, -0.2) is 4.79 Å². The first-order chi connectivity index (χ1) is 11.7. The fourth-order valence-electron chi connectivity index (χ4n) is 2.50. The number of hydrogen-bond donors (Lipinski definition) is 0. The zero-order valence-corrected chi connectivity index (χ0v) is 13.9. The molecule has 1 aliphatic heterocycles. The Morgan fingerprint density at radius 2 is 1.64 bits per heavy atom. The van der Waals surface area contributed by atoms with Gasteiger partial charge in [-0.15, -0.1) is 0 Å². The van der Waals surface area contributed by atoms with Crippen LogP contribution in [0, 0.1) is 0 Å². The van der Waals surface area contributed by atoms with E-state index in [1.807, 2.05) is 17.0 Å². The third-order valence-corrected chi connectivity index (χ3v) is 3.86. The average molecular weight is 360 g/mol. The summed E-state index contributed by atoms with van der Waals surface area (Å²) in [4.78, 5) is 26.1. The highest BCUT2D eigenvalue weighted by Crippen LogP contribution is 2.25. The fraction of sp³-hybridized carbons (Fsp3) is 0.500. The van der Waals surface area contributed by atoms with Crippen LogP contribution in [0.25, 0.3) is 0 Å². The maximum absolute atomic E-state index is 12.7. The summed E-state index contributed by atoms with van der Waals surface area (Å²) in [6.07, 6.45) is -8.77. The van der Waals surface area contributed by atoms with Crippen molar-refractivity contribution < 1.29 is 32.2 Å². The Morgan fingerprint density at radius 3 is 2.08 bits per heavy atom. The molecule has 25 heavy (non-hydrogen) atoms. The fourth-order valence-corrected chi connectivity index (χ4v) is 2.50. The number of ketones is 1. The molecule has 0 spiro atoms. The number of methoxy groups -OCH3 is 1. The lowest BCUT2D eigenvalue weighted by Crippen LogP contribution is -2.51. The molecule has 1 heterocycles. The van der Waals surface area contributed by atoms with Crippen LogP contribution in [0.5, 0.6) is 5.75 Å². The summed E-state index contributed by atoms with van der Waals surface area (Å²) < 4.78 is 47.6. The standard InChI is InChI=1S/C16H19F3N2O4/c1-11(22)14(16(17,18)19)25-15(23)21-9-7-20(8-10-21)12-3-5-13(24-2)6-4-12/h3-6,14H,7-10H2,1-2H3. The molecule has 9 heteroatoms. The number of Topliss-reactive ketones (excluding diaryl/α,β-unsaturated/α-hetero) is 1. The number of anilines is 1. The van der Waals surface area contributed by atoms with Crippen molar-refractivity contribution in [2.75, 3.05) is 38.2 Å². The second-order valence-corrected chi connectivity index (χ2v) is 5.59. The number of halogens is 3. The molecule has 1 fully saturated rings. The van der Waals surface area contributed by atoms with Crippen LogP contribution in [-0.4, -0.2) is 62.3 Å². The summed E-state index contributed by atoms with van der Waals surface area (Å²) in [7, 11) is 1.56. The Morgan fingerprint density at radius 1 is 1.08 bits per heavy atom. The van der Waals surface area contributed by atoms with E-state index >= 15 is 0 Å². The number of carbonyl (C=O) groups is 2. The van der Waals surface area contributed by atoms with Gasteiger partial charge in [-0.2, -0.15) is 13.2 Å². The molecule has 1 saturated heterocycles. The minimum atomic E-state index is -4.91. The van der Waals surface area contributed by atoms with Gasteiger partial charge < -0.3 is 19.3 Å². The molecule has 1 aliphatic rings. The Kier molecular flexibility index (Phi) is 5.76. The summed E-state index contributed by atoms with van der Waals surface area (Å²) >= 11 is 0. The van der Waals surface area contributed by atoms with Gasteiger partial charge in [-0.05, 0) is 31.2 Å².